The summed E-state index contributed by atoms with van der Waals surface area (Å²) in [7, 11) is 0. The van der Waals surface area contributed by atoms with E-state index in [-0.39, 0.29) is 17.0 Å². The maximum absolute atomic E-state index is 9.59. The summed E-state index contributed by atoms with van der Waals surface area (Å²) in [4.78, 5) is 14.8. The maximum atomic E-state index is 9.59. The molecule has 7 aromatic carbocycles. The van der Waals surface area contributed by atoms with Crippen LogP contribution in [0.5, 0.6) is 0 Å². The van der Waals surface area contributed by atoms with Crippen LogP contribution in [0.15, 0.2) is 162 Å². The number of nitrogens with zero attached hydrogens (tertiary/aromatic N) is 4. The van der Waals surface area contributed by atoms with E-state index in [9.17, 15) is 5.48 Å². The summed E-state index contributed by atoms with van der Waals surface area (Å²) in [6.07, 6.45) is 0. The molecule has 0 fully saturated rings. The van der Waals surface area contributed by atoms with Crippen molar-refractivity contribution in [2.75, 3.05) is 0 Å². The zero-order valence-electron chi connectivity index (χ0n) is 43.4. The van der Waals surface area contributed by atoms with Crippen LogP contribution in [0.3, 0.4) is 0 Å². The Morgan fingerprint density at radius 2 is 1.26 bits per heavy atom. The van der Waals surface area contributed by atoms with E-state index >= 15 is 0 Å². The standard InChI is InChI=1S/C48H32N4O/c1-48(2)39-17-9-6-14-33(39)36-25-26-37-34-15-7-10-18-40(34)52(44(37)43(36)48)47-50-45(31-22-20-30(21-23-31)29-12-4-3-5-13-29)49-46(51-47)32-24-27-42-38(28-32)35-16-8-11-19-41(35)53-42/h3-28H,1-2H3/i1D3,2D3,6D,7D,9D,10D,14D,15D,17D,18D,25D,26D. The molecule has 0 atom stereocenters. The van der Waals surface area contributed by atoms with Crippen LogP contribution in [-0.4, -0.2) is 19.5 Å². The summed E-state index contributed by atoms with van der Waals surface area (Å²) in [5, 5.41) is 0.633. The molecule has 0 amide bonds. The van der Waals surface area contributed by atoms with Gasteiger partial charge in [-0.25, -0.2) is 4.98 Å². The lowest BCUT2D eigenvalue weighted by Crippen LogP contribution is -2.17. The van der Waals surface area contributed by atoms with Gasteiger partial charge in [-0.1, -0.05) is 141 Å². The molecule has 0 aliphatic heterocycles. The molecule has 3 aromatic heterocycles. The van der Waals surface area contributed by atoms with E-state index < -0.39 is 124 Å². The van der Waals surface area contributed by atoms with E-state index in [0.717, 1.165) is 21.1 Å². The van der Waals surface area contributed by atoms with Crippen molar-refractivity contribution < 1.29 is 26.3 Å². The minimum atomic E-state index is -3.70. The second-order valence-corrected chi connectivity index (χ2v) is 12.8. The fourth-order valence-electron chi connectivity index (χ4n) is 7.35. The van der Waals surface area contributed by atoms with Gasteiger partial charge >= 0.3 is 0 Å². The molecule has 0 unspecified atom stereocenters. The number of hydrogen-bond acceptors (Lipinski definition) is 4. The zero-order chi connectivity index (χ0) is 49.0. The van der Waals surface area contributed by atoms with E-state index in [2.05, 4.69) is 0 Å². The van der Waals surface area contributed by atoms with Crippen LogP contribution in [0.25, 0.3) is 94.7 Å². The fraction of sp³-hybridized carbons (Fsp3) is 0.0625. The van der Waals surface area contributed by atoms with Crippen molar-refractivity contribution in [2.24, 2.45) is 0 Å². The number of furan rings is 1. The second kappa shape index (κ2) is 11.1. The number of rotatable bonds is 4. The van der Waals surface area contributed by atoms with Crippen LogP contribution in [0, 0.1) is 0 Å². The number of aromatic nitrogens is 4. The first-order valence-corrected chi connectivity index (χ1v) is 16.7. The van der Waals surface area contributed by atoms with Gasteiger partial charge in [-0.3, -0.25) is 4.57 Å². The number of benzene rings is 7. The molecule has 0 saturated carbocycles. The molecular weight excluding hydrogens is 649 g/mol. The molecule has 3 heterocycles. The molecule has 1 aliphatic rings. The second-order valence-electron chi connectivity index (χ2n) is 12.8. The third-order valence-electron chi connectivity index (χ3n) is 9.80. The summed E-state index contributed by atoms with van der Waals surface area (Å²) in [5.41, 5.74) is -3.30. The Hall–Kier alpha value is -6.85. The van der Waals surface area contributed by atoms with Crippen LogP contribution in [0.1, 0.15) is 46.8 Å². The summed E-state index contributed by atoms with van der Waals surface area (Å²) in [6, 6.07) is 21.2. The van der Waals surface area contributed by atoms with Crippen molar-refractivity contribution in [1.82, 2.24) is 19.5 Å². The lowest BCUT2D eigenvalue weighted by atomic mass is 9.81. The molecular formula is C48H32N4O. The lowest BCUT2D eigenvalue weighted by molar-refractivity contribution is 0.663. The monoisotopic (exact) mass is 696 g/mol. The third-order valence-corrected chi connectivity index (χ3v) is 9.80. The highest BCUT2D eigenvalue weighted by molar-refractivity contribution is 6.13. The molecule has 0 saturated heterocycles. The zero-order valence-corrected chi connectivity index (χ0v) is 27.4. The summed E-state index contributed by atoms with van der Waals surface area (Å²) >= 11 is 0. The highest BCUT2D eigenvalue weighted by Gasteiger charge is 2.38. The Morgan fingerprint density at radius 3 is 2.13 bits per heavy atom. The van der Waals surface area contributed by atoms with Crippen molar-refractivity contribution >= 4 is 43.7 Å². The van der Waals surface area contributed by atoms with E-state index in [1.54, 1.807) is 30.3 Å². The number of hydrogen-bond donors (Lipinski definition) is 0. The molecule has 5 heteroatoms. The van der Waals surface area contributed by atoms with Crippen LogP contribution in [0.2, 0.25) is 0 Å². The molecule has 0 radical (unpaired) electrons. The van der Waals surface area contributed by atoms with Gasteiger partial charge in [0, 0.05) is 46.3 Å². The number of para-hydroxylation sites is 2. The summed E-state index contributed by atoms with van der Waals surface area (Å²) in [6.45, 7) is -7.40. The van der Waals surface area contributed by atoms with Crippen LogP contribution >= 0.6 is 0 Å². The van der Waals surface area contributed by atoms with Gasteiger partial charge in [0.25, 0.3) is 0 Å². The topological polar surface area (TPSA) is 56.7 Å². The average Bonchev–Trinajstić information content (AvgIpc) is 4.00. The highest BCUT2D eigenvalue weighted by Crippen LogP contribution is 2.52. The highest BCUT2D eigenvalue weighted by atomic mass is 16.3. The van der Waals surface area contributed by atoms with Gasteiger partial charge in [0.05, 0.1) is 24.7 Å². The molecule has 250 valence electrons. The van der Waals surface area contributed by atoms with E-state index in [1.807, 2.05) is 66.7 Å². The van der Waals surface area contributed by atoms with Crippen molar-refractivity contribution in [2.45, 2.75) is 19.1 Å². The first kappa shape index (κ1) is 18.1. The summed E-state index contributed by atoms with van der Waals surface area (Å²) < 4.78 is 153. The average molecular weight is 697 g/mol. The van der Waals surface area contributed by atoms with Crippen molar-refractivity contribution in [3.63, 3.8) is 0 Å². The predicted molar refractivity (Wildman–Crippen MR) is 215 cm³/mol. The van der Waals surface area contributed by atoms with Gasteiger partial charge in [-0.05, 0) is 63.7 Å². The molecule has 0 bridgehead atoms. The number of fused-ring (bicyclic) bond motifs is 10. The Morgan fingerprint density at radius 1 is 0.566 bits per heavy atom. The van der Waals surface area contributed by atoms with Gasteiger partial charge < -0.3 is 4.42 Å². The van der Waals surface area contributed by atoms with Gasteiger partial charge in [-0.2, -0.15) is 9.97 Å². The molecule has 1 aliphatic carbocycles. The largest absolute Gasteiger partial charge is 0.456 e. The predicted octanol–water partition coefficient (Wildman–Crippen LogP) is 12.2. The molecule has 5 nitrogen and oxygen atoms in total. The Bertz CT molecular complexity index is 3870. The van der Waals surface area contributed by atoms with Gasteiger partial charge in [0.15, 0.2) is 11.6 Å². The summed E-state index contributed by atoms with van der Waals surface area (Å²) in [5.74, 6) is -0.391. The first-order chi connectivity index (χ1) is 32.7. The van der Waals surface area contributed by atoms with Gasteiger partial charge in [0.2, 0.25) is 5.95 Å². The van der Waals surface area contributed by atoms with Gasteiger partial charge in [0.1, 0.15) is 11.2 Å². The fourth-order valence-corrected chi connectivity index (χ4v) is 7.35. The van der Waals surface area contributed by atoms with Crippen LogP contribution in [0.4, 0.5) is 0 Å². The molecule has 0 spiro atoms. The van der Waals surface area contributed by atoms with Crippen molar-refractivity contribution in [1.29, 1.82) is 0 Å². The van der Waals surface area contributed by atoms with Crippen molar-refractivity contribution in [3.05, 3.63) is 169 Å². The molecule has 11 rings (SSSR count). The maximum Gasteiger partial charge on any atom is 0.238 e. The Balaban J connectivity index is 1.35. The smallest absolute Gasteiger partial charge is 0.238 e. The van der Waals surface area contributed by atoms with Crippen LogP contribution < -0.4 is 0 Å². The molecule has 0 N–H and O–H groups in total. The third kappa shape index (κ3) is 4.40. The minimum absolute atomic E-state index is 0.00536. The molecule has 53 heavy (non-hydrogen) atoms. The SMILES string of the molecule is [2H]c1c([2H])c([2H])c2c(c1[2H])-c1c([2H])c([2H])c3c4c([2H])c([2H])c([2H])c([2H])c4n(-c4nc(-c5ccc(-c6ccccc6)cc5)nc(-c5ccc6oc7ccccc7c6c5)n4)c3c1C2(C([2H])([2H])[2H])C([2H])([2H])[2H]. The van der Waals surface area contributed by atoms with Crippen LogP contribution in [-0.2, 0) is 5.41 Å². The van der Waals surface area contributed by atoms with Gasteiger partial charge in [-0.15, -0.1) is 0 Å². The minimum Gasteiger partial charge on any atom is -0.456 e. The van der Waals surface area contributed by atoms with E-state index in [4.69, 9.17) is 35.8 Å². The normalized spacial score (nSPS) is 18.0. The van der Waals surface area contributed by atoms with E-state index in [1.165, 1.54) is 0 Å². The van der Waals surface area contributed by atoms with Crippen molar-refractivity contribution in [3.8, 4) is 51.0 Å². The van der Waals surface area contributed by atoms with E-state index in [0.29, 0.717) is 27.7 Å². The Kier molecular flexibility index (Phi) is 3.78. The Labute approximate surface area is 328 Å². The lowest BCUT2D eigenvalue weighted by Gasteiger charge is -2.23. The quantitative estimate of drug-likeness (QED) is 0.184. The molecule has 10 aromatic rings. The first-order valence-electron chi connectivity index (χ1n) is 24.7.